The Labute approximate surface area is 127 Å². The van der Waals surface area contributed by atoms with E-state index in [2.05, 4.69) is 9.55 Å². The highest BCUT2D eigenvalue weighted by atomic mass is 35.5. The maximum atomic E-state index is 6.13. The summed E-state index contributed by atoms with van der Waals surface area (Å²) in [4.78, 5) is 4.65. The van der Waals surface area contributed by atoms with Gasteiger partial charge in [-0.15, -0.1) is 11.6 Å². The van der Waals surface area contributed by atoms with Crippen molar-refractivity contribution in [2.24, 2.45) is 5.92 Å². The van der Waals surface area contributed by atoms with Gasteiger partial charge in [0.1, 0.15) is 5.82 Å². The maximum Gasteiger partial charge on any atom is 0.111 e. The van der Waals surface area contributed by atoms with Gasteiger partial charge < -0.3 is 4.57 Å². The lowest BCUT2D eigenvalue weighted by molar-refractivity contribution is 0.277. The first kappa shape index (κ1) is 13.5. The van der Waals surface area contributed by atoms with E-state index in [1.807, 2.05) is 12.1 Å². The zero-order valence-electron chi connectivity index (χ0n) is 10.5. The summed E-state index contributed by atoms with van der Waals surface area (Å²) >= 11 is 18.1. The lowest BCUT2D eigenvalue weighted by Gasteiger charge is -2.26. The first-order valence-corrected chi connectivity index (χ1v) is 7.88. The van der Waals surface area contributed by atoms with Gasteiger partial charge in [0.05, 0.1) is 21.1 Å². The van der Waals surface area contributed by atoms with Gasteiger partial charge in [-0.2, -0.15) is 0 Å². The Hall–Kier alpha value is -0.440. The van der Waals surface area contributed by atoms with Crippen molar-refractivity contribution in [3.63, 3.8) is 0 Å². The van der Waals surface area contributed by atoms with Crippen molar-refractivity contribution >= 4 is 45.8 Å². The Kier molecular flexibility index (Phi) is 3.93. The molecule has 1 aliphatic carbocycles. The molecule has 3 rings (SSSR count). The van der Waals surface area contributed by atoms with Crippen LogP contribution in [0.3, 0.4) is 0 Å². The van der Waals surface area contributed by atoms with E-state index in [1.165, 1.54) is 19.3 Å². The summed E-state index contributed by atoms with van der Waals surface area (Å²) in [5.41, 5.74) is 1.98. The zero-order valence-corrected chi connectivity index (χ0v) is 12.8. The molecule has 1 aliphatic rings. The number of aryl methyl sites for hydroxylation is 1. The molecule has 0 bridgehead atoms. The zero-order chi connectivity index (χ0) is 13.4. The highest BCUT2D eigenvalue weighted by molar-refractivity contribution is 6.42. The van der Waals surface area contributed by atoms with E-state index in [1.54, 1.807) is 0 Å². The van der Waals surface area contributed by atoms with E-state index in [9.17, 15) is 0 Å². The topological polar surface area (TPSA) is 17.8 Å². The Morgan fingerprint density at radius 1 is 1.21 bits per heavy atom. The average Bonchev–Trinajstić information content (AvgIpc) is 2.63. The lowest BCUT2D eigenvalue weighted by atomic mass is 9.85. The third kappa shape index (κ3) is 2.58. The molecule has 0 radical (unpaired) electrons. The predicted molar refractivity (Wildman–Crippen MR) is 81.5 cm³/mol. The number of rotatable bonds is 4. The van der Waals surface area contributed by atoms with Gasteiger partial charge in [-0.3, -0.25) is 0 Å². The molecule has 2 aromatic rings. The Balaban J connectivity index is 2.07. The van der Waals surface area contributed by atoms with Crippen molar-refractivity contribution in [2.75, 3.05) is 5.88 Å². The van der Waals surface area contributed by atoms with Crippen LogP contribution < -0.4 is 0 Å². The molecule has 2 nitrogen and oxygen atoms in total. The van der Waals surface area contributed by atoms with Crippen molar-refractivity contribution in [2.45, 2.75) is 32.2 Å². The number of halogens is 3. The SMILES string of the molecule is ClCCc1nc2cc(Cl)c(Cl)cc2n1CC1CCC1. The average molecular weight is 318 g/mol. The summed E-state index contributed by atoms with van der Waals surface area (Å²) in [7, 11) is 0. The molecule has 19 heavy (non-hydrogen) atoms. The van der Waals surface area contributed by atoms with Gasteiger partial charge in [0, 0.05) is 18.8 Å². The van der Waals surface area contributed by atoms with Crippen LogP contribution >= 0.6 is 34.8 Å². The van der Waals surface area contributed by atoms with Crippen LogP contribution in [0.4, 0.5) is 0 Å². The van der Waals surface area contributed by atoms with Gasteiger partial charge in [0.25, 0.3) is 0 Å². The van der Waals surface area contributed by atoms with Gasteiger partial charge in [-0.1, -0.05) is 29.6 Å². The second kappa shape index (κ2) is 5.51. The Bertz CT molecular complexity index is 602. The van der Waals surface area contributed by atoms with Crippen molar-refractivity contribution < 1.29 is 0 Å². The van der Waals surface area contributed by atoms with Crippen LogP contribution in [-0.4, -0.2) is 15.4 Å². The van der Waals surface area contributed by atoms with E-state index < -0.39 is 0 Å². The van der Waals surface area contributed by atoms with Gasteiger partial charge in [-0.05, 0) is 30.9 Å². The molecule has 0 aliphatic heterocycles. The van der Waals surface area contributed by atoms with Crippen LogP contribution in [0.1, 0.15) is 25.1 Å². The minimum Gasteiger partial charge on any atom is -0.328 e. The lowest BCUT2D eigenvalue weighted by Crippen LogP contribution is -2.19. The van der Waals surface area contributed by atoms with Crippen LogP contribution in [0, 0.1) is 5.92 Å². The van der Waals surface area contributed by atoms with Crippen molar-refractivity contribution in [3.05, 3.63) is 28.0 Å². The number of benzene rings is 1. The fourth-order valence-electron chi connectivity index (χ4n) is 2.58. The number of aromatic nitrogens is 2. The molecule has 102 valence electrons. The summed E-state index contributed by atoms with van der Waals surface area (Å²) < 4.78 is 2.27. The van der Waals surface area contributed by atoms with E-state index in [0.717, 1.165) is 35.7 Å². The van der Waals surface area contributed by atoms with Crippen LogP contribution in [-0.2, 0) is 13.0 Å². The molecular formula is C14H15Cl3N2. The summed E-state index contributed by atoms with van der Waals surface area (Å²) in [5, 5.41) is 1.14. The fraction of sp³-hybridized carbons (Fsp3) is 0.500. The highest BCUT2D eigenvalue weighted by Gasteiger charge is 2.21. The number of hydrogen-bond acceptors (Lipinski definition) is 1. The number of fused-ring (bicyclic) bond motifs is 1. The largest absolute Gasteiger partial charge is 0.328 e. The Morgan fingerprint density at radius 3 is 2.58 bits per heavy atom. The molecule has 0 unspecified atom stereocenters. The fourth-order valence-corrected chi connectivity index (χ4v) is 3.07. The molecule has 1 aromatic carbocycles. The molecule has 0 spiro atoms. The third-order valence-electron chi connectivity index (χ3n) is 3.85. The van der Waals surface area contributed by atoms with E-state index >= 15 is 0 Å². The monoisotopic (exact) mass is 316 g/mol. The summed E-state index contributed by atoms with van der Waals surface area (Å²) in [6, 6.07) is 3.76. The van der Waals surface area contributed by atoms with Crippen LogP contribution in [0.2, 0.25) is 10.0 Å². The minimum absolute atomic E-state index is 0.555. The van der Waals surface area contributed by atoms with Crippen LogP contribution in [0.15, 0.2) is 12.1 Å². The smallest absolute Gasteiger partial charge is 0.111 e. The molecular weight excluding hydrogens is 303 g/mol. The third-order valence-corrected chi connectivity index (χ3v) is 4.76. The molecule has 0 amide bonds. The molecule has 0 N–H and O–H groups in total. The normalized spacial score (nSPS) is 15.9. The summed E-state index contributed by atoms with van der Waals surface area (Å²) in [5.74, 6) is 2.38. The highest BCUT2D eigenvalue weighted by Crippen LogP contribution is 2.32. The van der Waals surface area contributed by atoms with Crippen LogP contribution in [0.25, 0.3) is 11.0 Å². The number of hydrogen-bond donors (Lipinski definition) is 0. The second-order valence-corrected chi connectivity index (χ2v) is 6.32. The Morgan fingerprint density at radius 2 is 1.95 bits per heavy atom. The first-order chi connectivity index (χ1) is 9.19. The van der Waals surface area contributed by atoms with Gasteiger partial charge in [-0.25, -0.2) is 4.98 Å². The summed E-state index contributed by atoms with van der Waals surface area (Å²) in [6.45, 7) is 1.01. The van der Waals surface area contributed by atoms with Gasteiger partial charge >= 0.3 is 0 Å². The van der Waals surface area contributed by atoms with E-state index in [0.29, 0.717) is 15.9 Å². The quantitative estimate of drug-likeness (QED) is 0.731. The molecule has 1 aromatic heterocycles. The summed E-state index contributed by atoms with van der Waals surface area (Å²) in [6.07, 6.45) is 4.73. The van der Waals surface area contributed by atoms with E-state index in [4.69, 9.17) is 34.8 Å². The molecule has 5 heteroatoms. The van der Waals surface area contributed by atoms with Crippen molar-refractivity contribution in [1.82, 2.24) is 9.55 Å². The molecule has 0 atom stereocenters. The van der Waals surface area contributed by atoms with Gasteiger partial charge in [0.2, 0.25) is 0 Å². The molecule has 1 heterocycles. The van der Waals surface area contributed by atoms with E-state index in [-0.39, 0.29) is 0 Å². The molecule has 1 fully saturated rings. The number of nitrogens with zero attached hydrogens (tertiary/aromatic N) is 2. The molecule has 1 saturated carbocycles. The van der Waals surface area contributed by atoms with Crippen LogP contribution in [0.5, 0.6) is 0 Å². The minimum atomic E-state index is 0.555. The first-order valence-electron chi connectivity index (χ1n) is 6.59. The maximum absolute atomic E-state index is 6.13. The van der Waals surface area contributed by atoms with Gasteiger partial charge in [0.15, 0.2) is 0 Å². The molecule has 0 saturated heterocycles. The van der Waals surface area contributed by atoms with Crippen molar-refractivity contribution in [1.29, 1.82) is 0 Å². The predicted octanol–water partition coefficient (Wildman–Crippen LogP) is 4.92. The number of alkyl halides is 1. The number of imidazole rings is 1. The standard InChI is InChI=1S/C14H15Cl3N2/c15-5-4-14-18-12-6-10(16)11(17)7-13(12)19(14)8-9-2-1-3-9/h6-7,9H,1-5,8H2. The van der Waals surface area contributed by atoms with Crippen molar-refractivity contribution in [3.8, 4) is 0 Å². The second-order valence-electron chi connectivity index (χ2n) is 5.13.